The molecule has 0 fully saturated rings. The molecular weight excluding hydrogens is 248 g/mol. The van der Waals surface area contributed by atoms with E-state index in [1.54, 1.807) is 0 Å². The van der Waals surface area contributed by atoms with Crippen LogP contribution in [0, 0.1) is 11.3 Å². The Morgan fingerprint density at radius 2 is 2.00 bits per heavy atom. The van der Waals surface area contributed by atoms with Crippen LogP contribution in [0.1, 0.15) is 29.7 Å². The van der Waals surface area contributed by atoms with Gasteiger partial charge in [0.05, 0.1) is 18.2 Å². The molecule has 0 aromatic heterocycles. The highest BCUT2D eigenvalue weighted by Gasteiger charge is 2.14. The molecule has 0 bridgehead atoms. The number of anilines is 1. The molecule has 3 nitrogen and oxygen atoms in total. The summed E-state index contributed by atoms with van der Waals surface area (Å²) in [5.41, 5.74) is 4.24. The molecule has 0 aliphatic carbocycles. The predicted molar refractivity (Wildman–Crippen MR) is 78.8 cm³/mol. The third-order valence-corrected chi connectivity index (χ3v) is 3.61. The van der Waals surface area contributed by atoms with E-state index in [-0.39, 0.29) is 6.04 Å². The zero-order chi connectivity index (χ0) is 13.9. The summed E-state index contributed by atoms with van der Waals surface area (Å²) < 4.78 is 5.53. The minimum absolute atomic E-state index is 0.217. The van der Waals surface area contributed by atoms with E-state index in [2.05, 4.69) is 36.5 Å². The SMILES string of the molecule is CC(Nc1ccc(C#N)cc1)c1ccc2c(c1)CCO2. The van der Waals surface area contributed by atoms with Gasteiger partial charge in [0.25, 0.3) is 0 Å². The van der Waals surface area contributed by atoms with Gasteiger partial charge >= 0.3 is 0 Å². The molecule has 2 aromatic carbocycles. The highest BCUT2D eigenvalue weighted by atomic mass is 16.5. The van der Waals surface area contributed by atoms with Crippen LogP contribution in [0.2, 0.25) is 0 Å². The van der Waals surface area contributed by atoms with Crippen molar-refractivity contribution in [3.05, 3.63) is 59.2 Å². The summed E-state index contributed by atoms with van der Waals surface area (Å²) >= 11 is 0. The molecule has 0 amide bonds. The van der Waals surface area contributed by atoms with Crippen molar-refractivity contribution in [3.8, 4) is 11.8 Å². The second-order valence-corrected chi connectivity index (χ2v) is 5.02. The summed E-state index contributed by atoms with van der Waals surface area (Å²) in [5, 5.41) is 12.2. The number of hydrogen-bond donors (Lipinski definition) is 1. The van der Waals surface area contributed by atoms with Crippen molar-refractivity contribution < 1.29 is 4.74 Å². The third-order valence-electron chi connectivity index (χ3n) is 3.61. The smallest absolute Gasteiger partial charge is 0.122 e. The van der Waals surface area contributed by atoms with Gasteiger partial charge in [-0.25, -0.2) is 0 Å². The van der Waals surface area contributed by atoms with E-state index in [0.29, 0.717) is 5.56 Å². The van der Waals surface area contributed by atoms with Gasteiger partial charge in [-0.3, -0.25) is 0 Å². The first-order valence-electron chi connectivity index (χ1n) is 6.78. The van der Waals surface area contributed by atoms with Gasteiger partial charge in [0, 0.05) is 18.2 Å². The Balaban J connectivity index is 1.75. The van der Waals surface area contributed by atoms with Crippen molar-refractivity contribution in [1.82, 2.24) is 0 Å². The minimum atomic E-state index is 0.217. The van der Waals surface area contributed by atoms with E-state index in [4.69, 9.17) is 10.00 Å². The maximum Gasteiger partial charge on any atom is 0.122 e. The first-order valence-corrected chi connectivity index (χ1v) is 6.78. The van der Waals surface area contributed by atoms with Crippen LogP contribution in [0.15, 0.2) is 42.5 Å². The highest BCUT2D eigenvalue weighted by Crippen LogP contribution is 2.29. The van der Waals surface area contributed by atoms with Crippen molar-refractivity contribution in [2.75, 3.05) is 11.9 Å². The van der Waals surface area contributed by atoms with E-state index < -0.39 is 0 Å². The largest absolute Gasteiger partial charge is 0.493 e. The van der Waals surface area contributed by atoms with Crippen molar-refractivity contribution in [1.29, 1.82) is 5.26 Å². The first kappa shape index (κ1) is 12.6. The fourth-order valence-corrected chi connectivity index (χ4v) is 2.45. The lowest BCUT2D eigenvalue weighted by Crippen LogP contribution is -2.06. The molecule has 3 heteroatoms. The molecule has 0 spiro atoms. The van der Waals surface area contributed by atoms with Gasteiger partial charge in [0.2, 0.25) is 0 Å². The van der Waals surface area contributed by atoms with Crippen LogP contribution in [-0.4, -0.2) is 6.61 Å². The molecule has 0 saturated heterocycles. The molecule has 1 atom stereocenters. The van der Waals surface area contributed by atoms with Gasteiger partial charge < -0.3 is 10.1 Å². The monoisotopic (exact) mass is 264 g/mol. The average Bonchev–Trinajstić information content (AvgIpc) is 2.95. The van der Waals surface area contributed by atoms with Crippen LogP contribution < -0.4 is 10.1 Å². The van der Waals surface area contributed by atoms with E-state index >= 15 is 0 Å². The van der Waals surface area contributed by atoms with Crippen molar-refractivity contribution in [2.24, 2.45) is 0 Å². The number of nitrogens with zero attached hydrogens (tertiary/aromatic N) is 1. The quantitative estimate of drug-likeness (QED) is 0.920. The molecule has 20 heavy (non-hydrogen) atoms. The zero-order valence-corrected chi connectivity index (χ0v) is 11.4. The van der Waals surface area contributed by atoms with Gasteiger partial charge in [-0.05, 0) is 54.4 Å². The molecule has 1 aliphatic heterocycles. The number of hydrogen-bond acceptors (Lipinski definition) is 3. The average molecular weight is 264 g/mol. The van der Waals surface area contributed by atoms with Crippen LogP contribution >= 0.6 is 0 Å². The van der Waals surface area contributed by atoms with Gasteiger partial charge in [-0.1, -0.05) is 6.07 Å². The Morgan fingerprint density at radius 1 is 1.20 bits per heavy atom. The van der Waals surface area contributed by atoms with Gasteiger partial charge in [-0.2, -0.15) is 5.26 Å². The van der Waals surface area contributed by atoms with Crippen molar-refractivity contribution in [2.45, 2.75) is 19.4 Å². The van der Waals surface area contributed by atoms with Crippen LogP contribution in [-0.2, 0) is 6.42 Å². The molecule has 1 aliphatic rings. The van der Waals surface area contributed by atoms with E-state index in [1.165, 1.54) is 11.1 Å². The van der Waals surface area contributed by atoms with Crippen LogP contribution in [0.25, 0.3) is 0 Å². The molecule has 2 aromatic rings. The van der Waals surface area contributed by atoms with E-state index in [9.17, 15) is 0 Å². The molecule has 1 N–H and O–H groups in total. The second kappa shape index (κ2) is 5.26. The lowest BCUT2D eigenvalue weighted by atomic mass is 10.0. The Morgan fingerprint density at radius 3 is 2.75 bits per heavy atom. The van der Waals surface area contributed by atoms with Crippen molar-refractivity contribution >= 4 is 5.69 Å². The van der Waals surface area contributed by atoms with E-state index in [0.717, 1.165) is 24.5 Å². The Labute approximate surface area is 118 Å². The van der Waals surface area contributed by atoms with E-state index in [1.807, 2.05) is 24.3 Å². The number of nitrogens with one attached hydrogen (secondary N) is 1. The summed E-state index contributed by atoms with van der Waals surface area (Å²) in [6, 6.07) is 16.2. The lowest BCUT2D eigenvalue weighted by molar-refractivity contribution is 0.357. The number of rotatable bonds is 3. The topological polar surface area (TPSA) is 45.0 Å². The van der Waals surface area contributed by atoms with Crippen LogP contribution in [0.3, 0.4) is 0 Å². The number of ether oxygens (including phenoxy) is 1. The third kappa shape index (κ3) is 2.46. The summed E-state index contributed by atoms with van der Waals surface area (Å²) in [5.74, 6) is 1.01. The fraction of sp³-hybridized carbons (Fsp3) is 0.235. The number of fused-ring (bicyclic) bond motifs is 1. The second-order valence-electron chi connectivity index (χ2n) is 5.02. The first-order chi connectivity index (χ1) is 9.76. The van der Waals surface area contributed by atoms with Gasteiger partial charge in [0.1, 0.15) is 5.75 Å². The molecule has 0 saturated carbocycles. The zero-order valence-electron chi connectivity index (χ0n) is 11.4. The molecule has 100 valence electrons. The summed E-state index contributed by atoms with van der Waals surface area (Å²) in [6.45, 7) is 2.92. The standard InChI is InChI=1S/C17H16N2O/c1-12(19-16-5-2-13(11-18)3-6-16)14-4-7-17-15(10-14)8-9-20-17/h2-7,10,12,19H,8-9H2,1H3. The summed E-state index contributed by atoms with van der Waals surface area (Å²) in [4.78, 5) is 0. The highest BCUT2D eigenvalue weighted by molar-refractivity contribution is 5.50. The molecular formula is C17H16N2O. The van der Waals surface area contributed by atoms with Gasteiger partial charge in [0.15, 0.2) is 0 Å². The van der Waals surface area contributed by atoms with Crippen molar-refractivity contribution in [3.63, 3.8) is 0 Å². The molecule has 1 unspecified atom stereocenters. The fourth-order valence-electron chi connectivity index (χ4n) is 2.45. The summed E-state index contributed by atoms with van der Waals surface area (Å²) in [6.07, 6.45) is 0.993. The van der Waals surface area contributed by atoms with Crippen LogP contribution in [0.5, 0.6) is 5.75 Å². The number of benzene rings is 2. The normalized spacial score (nSPS) is 14.0. The van der Waals surface area contributed by atoms with Crippen LogP contribution in [0.4, 0.5) is 5.69 Å². The molecule has 3 rings (SSSR count). The Bertz CT molecular complexity index is 656. The maximum atomic E-state index is 8.80. The number of nitriles is 1. The summed E-state index contributed by atoms with van der Waals surface area (Å²) in [7, 11) is 0. The maximum absolute atomic E-state index is 8.80. The molecule has 1 heterocycles. The Hall–Kier alpha value is -2.47. The lowest BCUT2D eigenvalue weighted by Gasteiger charge is -2.16. The predicted octanol–water partition coefficient (Wildman–Crippen LogP) is 3.67. The Kier molecular flexibility index (Phi) is 3.30. The minimum Gasteiger partial charge on any atom is -0.493 e. The molecule has 0 radical (unpaired) electrons. The van der Waals surface area contributed by atoms with Gasteiger partial charge in [-0.15, -0.1) is 0 Å².